The highest BCUT2D eigenvalue weighted by Crippen LogP contribution is 2.22. The van der Waals surface area contributed by atoms with Gasteiger partial charge in [0.2, 0.25) is 0 Å². The van der Waals surface area contributed by atoms with Crippen LogP contribution in [0.4, 0.5) is 0 Å². The van der Waals surface area contributed by atoms with Gasteiger partial charge in [-0.2, -0.15) is 0 Å². The normalized spacial score (nSPS) is 20.6. The number of aromatic nitrogens is 1. The summed E-state index contributed by atoms with van der Waals surface area (Å²) in [5, 5.41) is 4.37. The summed E-state index contributed by atoms with van der Waals surface area (Å²) < 4.78 is 7.05. The van der Waals surface area contributed by atoms with Gasteiger partial charge >= 0.3 is 0 Å². The summed E-state index contributed by atoms with van der Waals surface area (Å²) >= 11 is 1.72. The van der Waals surface area contributed by atoms with E-state index in [9.17, 15) is 0 Å². The number of rotatable bonds is 3. The lowest BCUT2D eigenvalue weighted by atomic mass is 10.3. The maximum absolute atomic E-state index is 5.80. The lowest BCUT2D eigenvalue weighted by molar-refractivity contribution is 0.0542. The molecular formula is C12H14N2OS. The van der Waals surface area contributed by atoms with E-state index in [2.05, 4.69) is 16.4 Å². The van der Waals surface area contributed by atoms with Gasteiger partial charge in [-0.1, -0.05) is 12.1 Å². The summed E-state index contributed by atoms with van der Waals surface area (Å²) in [4.78, 5) is 4.55. The second kappa shape index (κ2) is 4.49. The van der Waals surface area contributed by atoms with Gasteiger partial charge in [-0.25, -0.2) is 4.98 Å². The summed E-state index contributed by atoms with van der Waals surface area (Å²) in [6.07, 6.45) is 1.48. The Kier molecular flexibility index (Phi) is 2.86. The Morgan fingerprint density at radius 3 is 3.19 bits per heavy atom. The van der Waals surface area contributed by atoms with Gasteiger partial charge in [0, 0.05) is 6.54 Å². The second-order valence-electron chi connectivity index (χ2n) is 4.00. The van der Waals surface area contributed by atoms with Gasteiger partial charge in [0.1, 0.15) is 5.01 Å². The molecule has 1 saturated heterocycles. The average molecular weight is 234 g/mol. The van der Waals surface area contributed by atoms with Crippen LogP contribution in [0, 0.1) is 0 Å². The number of nitrogens with one attached hydrogen (secondary N) is 1. The fourth-order valence-corrected chi connectivity index (χ4v) is 2.83. The van der Waals surface area contributed by atoms with Crippen LogP contribution in [0.5, 0.6) is 0 Å². The molecule has 1 aliphatic heterocycles. The number of ether oxygens (including phenoxy) is 1. The first-order valence-corrected chi connectivity index (χ1v) is 6.40. The fourth-order valence-electron chi connectivity index (χ4n) is 1.94. The summed E-state index contributed by atoms with van der Waals surface area (Å²) in [5.74, 6) is 0. The molecule has 1 aromatic carbocycles. The number of benzene rings is 1. The van der Waals surface area contributed by atoms with E-state index in [0.29, 0.717) is 12.7 Å². The third kappa shape index (κ3) is 2.09. The van der Waals surface area contributed by atoms with Crippen LogP contribution in [0.2, 0.25) is 0 Å². The molecule has 0 bridgehead atoms. The van der Waals surface area contributed by atoms with E-state index < -0.39 is 0 Å². The van der Waals surface area contributed by atoms with Crippen LogP contribution in [-0.4, -0.2) is 24.2 Å². The van der Waals surface area contributed by atoms with Crippen LogP contribution in [0.15, 0.2) is 24.3 Å². The highest BCUT2D eigenvalue weighted by molar-refractivity contribution is 7.18. The number of para-hydroxylation sites is 1. The van der Waals surface area contributed by atoms with E-state index >= 15 is 0 Å². The SMILES string of the molecule is c1ccc2sc(COC3CCNC3)nc2c1. The number of nitrogens with zero attached hydrogens (tertiary/aromatic N) is 1. The van der Waals surface area contributed by atoms with Gasteiger partial charge in [0.05, 0.1) is 22.9 Å². The van der Waals surface area contributed by atoms with Crippen molar-refractivity contribution in [3.05, 3.63) is 29.3 Å². The molecule has 1 fully saturated rings. The summed E-state index contributed by atoms with van der Waals surface area (Å²) in [6.45, 7) is 2.70. The molecule has 2 heterocycles. The first-order chi connectivity index (χ1) is 7.92. The van der Waals surface area contributed by atoms with E-state index in [4.69, 9.17) is 4.74 Å². The zero-order valence-corrected chi connectivity index (χ0v) is 9.80. The van der Waals surface area contributed by atoms with Crippen molar-refractivity contribution >= 4 is 21.6 Å². The minimum absolute atomic E-state index is 0.368. The molecule has 0 saturated carbocycles. The molecule has 1 aromatic heterocycles. The topological polar surface area (TPSA) is 34.1 Å². The summed E-state index contributed by atoms with van der Waals surface area (Å²) in [7, 11) is 0. The summed E-state index contributed by atoms with van der Waals surface area (Å²) in [6, 6.07) is 8.22. The van der Waals surface area contributed by atoms with Gasteiger partial charge < -0.3 is 10.1 Å². The number of hydrogen-bond donors (Lipinski definition) is 1. The van der Waals surface area contributed by atoms with Crippen molar-refractivity contribution in [2.24, 2.45) is 0 Å². The molecule has 84 valence electrons. The van der Waals surface area contributed by atoms with Crippen LogP contribution < -0.4 is 5.32 Å². The van der Waals surface area contributed by atoms with Crippen molar-refractivity contribution in [1.29, 1.82) is 0 Å². The first-order valence-electron chi connectivity index (χ1n) is 5.58. The minimum Gasteiger partial charge on any atom is -0.370 e. The summed E-state index contributed by atoms with van der Waals surface area (Å²) in [5.41, 5.74) is 1.08. The van der Waals surface area contributed by atoms with Gasteiger partial charge in [0.15, 0.2) is 0 Å². The standard InChI is InChI=1S/C12H14N2OS/c1-2-4-11-10(3-1)14-12(16-11)8-15-9-5-6-13-7-9/h1-4,9,13H,5-8H2. The molecule has 0 aliphatic carbocycles. The zero-order valence-electron chi connectivity index (χ0n) is 8.98. The van der Waals surface area contributed by atoms with Gasteiger partial charge in [0.25, 0.3) is 0 Å². The molecule has 0 radical (unpaired) electrons. The second-order valence-corrected chi connectivity index (χ2v) is 5.12. The van der Waals surface area contributed by atoms with Gasteiger partial charge in [-0.3, -0.25) is 0 Å². The van der Waals surface area contributed by atoms with Gasteiger partial charge in [-0.15, -0.1) is 11.3 Å². The molecule has 4 heteroatoms. The van der Waals surface area contributed by atoms with Crippen molar-refractivity contribution < 1.29 is 4.74 Å². The van der Waals surface area contributed by atoms with Crippen molar-refractivity contribution in [2.75, 3.05) is 13.1 Å². The number of fused-ring (bicyclic) bond motifs is 1. The maximum atomic E-state index is 5.80. The van der Waals surface area contributed by atoms with Crippen LogP contribution >= 0.6 is 11.3 Å². The van der Waals surface area contributed by atoms with Crippen molar-refractivity contribution in [2.45, 2.75) is 19.1 Å². The molecule has 2 aromatic rings. The molecule has 3 rings (SSSR count). The van der Waals surface area contributed by atoms with Crippen LogP contribution in [0.25, 0.3) is 10.2 Å². The third-order valence-corrected chi connectivity index (χ3v) is 3.81. The molecule has 1 unspecified atom stereocenters. The predicted octanol–water partition coefficient (Wildman–Crippen LogP) is 2.17. The molecule has 1 N–H and O–H groups in total. The van der Waals surface area contributed by atoms with E-state index in [1.54, 1.807) is 11.3 Å². The van der Waals surface area contributed by atoms with E-state index in [-0.39, 0.29) is 0 Å². The Morgan fingerprint density at radius 2 is 2.38 bits per heavy atom. The molecule has 0 amide bonds. The highest BCUT2D eigenvalue weighted by atomic mass is 32.1. The smallest absolute Gasteiger partial charge is 0.120 e. The molecule has 1 atom stereocenters. The lowest BCUT2D eigenvalue weighted by Gasteiger charge is -2.07. The highest BCUT2D eigenvalue weighted by Gasteiger charge is 2.15. The average Bonchev–Trinajstić information content (AvgIpc) is 2.95. The van der Waals surface area contributed by atoms with Crippen molar-refractivity contribution in [1.82, 2.24) is 10.3 Å². The lowest BCUT2D eigenvalue weighted by Crippen LogP contribution is -2.16. The molecular weight excluding hydrogens is 220 g/mol. The van der Waals surface area contributed by atoms with Crippen molar-refractivity contribution in [3.8, 4) is 0 Å². The Labute approximate surface area is 98.5 Å². The Bertz CT molecular complexity index is 444. The molecule has 1 aliphatic rings. The van der Waals surface area contributed by atoms with Crippen molar-refractivity contribution in [3.63, 3.8) is 0 Å². The predicted molar refractivity (Wildman–Crippen MR) is 65.7 cm³/mol. The Hall–Kier alpha value is -0.970. The quantitative estimate of drug-likeness (QED) is 0.884. The van der Waals surface area contributed by atoms with E-state index in [1.165, 1.54) is 4.70 Å². The molecule has 3 nitrogen and oxygen atoms in total. The number of hydrogen-bond acceptors (Lipinski definition) is 4. The monoisotopic (exact) mass is 234 g/mol. The fraction of sp³-hybridized carbons (Fsp3) is 0.417. The number of thiazole rings is 1. The van der Waals surface area contributed by atoms with Crippen LogP contribution in [-0.2, 0) is 11.3 Å². The van der Waals surface area contributed by atoms with Crippen LogP contribution in [0.1, 0.15) is 11.4 Å². The molecule has 0 spiro atoms. The first kappa shape index (κ1) is 10.2. The zero-order chi connectivity index (χ0) is 10.8. The van der Waals surface area contributed by atoms with E-state index in [0.717, 1.165) is 30.0 Å². The maximum Gasteiger partial charge on any atom is 0.120 e. The Balaban J connectivity index is 1.69. The largest absolute Gasteiger partial charge is 0.370 e. The van der Waals surface area contributed by atoms with Crippen LogP contribution in [0.3, 0.4) is 0 Å². The van der Waals surface area contributed by atoms with E-state index in [1.807, 2.05) is 18.2 Å². The molecule has 16 heavy (non-hydrogen) atoms. The Morgan fingerprint density at radius 1 is 1.44 bits per heavy atom. The van der Waals surface area contributed by atoms with Gasteiger partial charge in [-0.05, 0) is 25.1 Å². The third-order valence-electron chi connectivity index (χ3n) is 2.80. The minimum atomic E-state index is 0.368.